The number of aromatic nitrogens is 2. The van der Waals surface area contributed by atoms with E-state index in [9.17, 15) is 36.3 Å². The van der Waals surface area contributed by atoms with Crippen molar-refractivity contribution < 1.29 is 41.2 Å². The van der Waals surface area contributed by atoms with Gasteiger partial charge in [-0.15, -0.1) is 0 Å². The topological polar surface area (TPSA) is 143 Å². The molecular weight excluding hydrogens is 593 g/mol. The molecule has 234 valence electrons. The number of anilines is 3. The zero-order valence-corrected chi connectivity index (χ0v) is 23.6. The quantitative estimate of drug-likeness (QED) is 0.177. The van der Waals surface area contributed by atoms with Gasteiger partial charge in [-0.3, -0.25) is 4.79 Å². The van der Waals surface area contributed by atoms with Crippen LogP contribution in [0.15, 0.2) is 36.4 Å². The maximum absolute atomic E-state index is 14.9. The summed E-state index contributed by atoms with van der Waals surface area (Å²) in [7, 11) is 0. The number of nitrogens with one attached hydrogen (secondary N) is 2. The van der Waals surface area contributed by atoms with E-state index in [4.69, 9.17) is 5.73 Å². The molecule has 3 amide bonds. The van der Waals surface area contributed by atoms with Gasteiger partial charge < -0.3 is 21.2 Å². The average molecular weight is 622 g/mol. The van der Waals surface area contributed by atoms with Gasteiger partial charge in [0.05, 0.1) is 18.8 Å². The molecule has 0 fully saturated rings. The Hall–Kier alpha value is -4.86. The summed E-state index contributed by atoms with van der Waals surface area (Å²) in [5, 5.41) is 5.83. The number of nitrogens with zero attached hydrogens (tertiary/aromatic N) is 4. The first-order chi connectivity index (χ1) is 20.9. The van der Waals surface area contributed by atoms with E-state index in [-0.39, 0.29) is 48.1 Å². The standard InChI is InChI=1S/C28H28F5N7O4/c1-3-12-39(44-25(42)28(31,32)33)24(41)16-9-8-15(2)17(13-16)21-18-14-36-27(43)40(22-19(29)6-4-7-20(22)30)23(18)38-26(37-21)35-11-5-10-34/h4,6-9,13H,3,5,10-12,14,34H2,1-2H3,(H,36,43)(H,35,37,38). The molecule has 1 aliphatic rings. The lowest BCUT2D eigenvalue weighted by atomic mass is 9.97. The Bertz CT molecular complexity index is 1560. The minimum absolute atomic E-state index is 0.0218. The van der Waals surface area contributed by atoms with Crippen LogP contribution < -0.4 is 21.3 Å². The first-order valence-electron chi connectivity index (χ1n) is 13.5. The summed E-state index contributed by atoms with van der Waals surface area (Å²) in [5.41, 5.74) is 6.00. The first kappa shape index (κ1) is 32.1. The molecule has 0 radical (unpaired) electrons. The zero-order valence-electron chi connectivity index (χ0n) is 23.6. The van der Waals surface area contributed by atoms with Crippen molar-refractivity contribution in [2.45, 2.75) is 39.4 Å². The van der Waals surface area contributed by atoms with Crippen LogP contribution in [-0.4, -0.2) is 58.7 Å². The van der Waals surface area contributed by atoms with Crippen molar-refractivity contribution in [3.63, 3.8) is 0 Å². The van der Waals surface area contributed by atoms with Crippen LogP contribution in [0.4, 0.5) is 44.2 Å². The molecule has 0 saturated heterocycles. The number of urea groups is 1. The Balaban J connectivity index is 1.87. The predicted octanol–water partition coefficient (Wildman–Crippen LogP) is 4.72. The number of para-hydroxylation sites is 1. The van der Waals surface area contributed by atoms with Crippen molar-refractivity contribution in [3.8, 4) is 11.3 Å². The highest BCUT2D eigenvalue weighted by atomic mass is 19.4. The molecule has 0 saturated carbocycles. The summed E-state index contributed by atoms with van der Waals surface area (Å²) >= 11 is 0. The van der Waals surface area contributed by atoms with E-state index in [0.29, 0.717) is 35.7 Å². The summed E-state index contributed by atoms with van der Waals surface area (Å²) in [5.74, 6) is -5.80. The maximum Gasteiger partial charge on any atom is 0.493 e. The molecule has 0 atom stereocenters. The third-order valence-electron chi connectivity index (χ3n) is 6.46. The molecule has 16 heteroatoms. The van der Waals surface area contributed by atoms with Gasteiger partial charge in [0.15, 0.2) is 5.82 Å². The SMILES string of the molecule is CCCN(OC(=O)C(F)(F)F)C(=O)c1ccc(C)c(-c2nc(NCCCN)nc3c2CNC(=O)N3c2c(F)cccc2F)c1. The van der Waals surface area contributed by atoms with Gasteiger partial charge in [-0.2, -0.15) is 23.2 Å². The molecule has 1 aliphatic heterocycles. The van der Waals surface area contributed by atoms with E-state index in [1.165, 1.54) is 18.2 Å². The van der Waals surface area contributed by atoms with E-state index < -0.39 is 41.4 Å². The van der Waals surface area contributed by atoms with E-state index in [1.54, 1.807) is 13.8 Å². The van der Waals surface area contributed by atoms with Crippen LogP contribution in [0.25, 0.3) is 11.3 Å². The number of alkyl halides is 3. The second kappa shape index (κ2) is 13.2. The van der Waals surface area contributed by atoms with Gasteiger partial charge in [0.2, 0.25) is 5.95 Å². The lowest BCUT2D eigenvalue weighted by molar-refractivity contribution is -0.228. The van der Waals surface area contributed by atoms with Gasteiger partial charge in [0.1, 0.15) is 17.3 Å². The van der Waals surface area contributed by atoms with E-state index in [2.05, 4.69) is 25.4 Å². The van der Waals surface area contributed by atoms with Gasteiger partial charge in [-0.05, 0) is 56.1 Å². The molecule has 0 bridgehead atoms. The lowest BCUT2D eigenvalue weighted by Gasteiger charge is -2.31. The zero-order chi connectivity index (χ0) is 32.2. The second-order valence-electron chi connectivity index (χ2n) is 9.64. The average Bonchev–Trinajstić information content (AvgIpc) is 2.97. The Morgan fingerprint density at radius 3 is 2.50 bits per heavy atom. The van der Waals surface area contributed by atoms with Crippen LogP contribution in [-0.2, 0) is 16.2 Å². The number of carbonyl (C=O) groups excluding carboxylic acids is 3. The minimum atomic E-state index is -5.33. The van der Waals surface area contributed by atoms with Crippen LogP contribution in [0.1, 0.15) is 41.3 Å². The highest BCUT2D eigenvalue weighted by molar-refractivity contribution is 6.02. The summed E-state index contributed by atoms with van der Waals surface area (Å²) in [6.45, 7) is 3.40. The summed E-state index contributed by atoms with van der Waals surface area (Å²) < 4.78 is 68.4. The molecule has 44 heavy (non-hydrogen) atoms. The summed E-state index contributed by atoms with van der Waals surface area (Å²) in [6.07, 6.45) is -4.64. The van der Waals surface area contributed by atoms with Gasteiger partial charge in [0, 0.05) is 23.2 Å². The maximum atomic E-state index is 14.9. The van der Waals surface area contributed by atoms with E-state index >= 15 is 0 Å². The third-order valence-corrected chi connectivity index (χ3v) is 6.46. The number of hydroxylamine groups is 2. The van der Waals surface area contributed by atoms with Crippen molar-refractivity contribution >= 4 is 35.4 Å². The smallest absolute Gasteiger partial charge is 0.354 e. The summed E-state index contributed by atoms with van der Waals surface area (Å²) in [6, 6.07) is 6.42. The number of amides is 3. The number of aryl methyl sites for hydroxylation is 1. The van der Waals surface area contributed by atoms with Crippen LogP contribution >= 0.6 is 0 Å². The van der Waals surface area contributed by atoms with Crippen molar-refractivity contribution in [2.24, 2.45) is 5.73 Å². The molecule has 0 aliphatic carbocycles. The van der Waals surface area contributed by atoms with Gasteiger partial charge in [-0.1, -0.05) is 19.1 Å². The fraction of sp³-hybridized carbons (Fsp3) is 0.321. The number of halogens is 5. The van der Waals surface area contributed by atoms with Crippen LogP contribution in [0.3, 0.4) is 0 Å². The number of fused-ring (bicyclic) bond motifs is 1. The number of hydrogen-bond acceptors (Lipinski definition) is 8. The van der Waals surface area contributed by atoms with Gasteiger partial charge in [0.25, 0.3) is 5.91 Å². The molecule has 11 nitrogen and oxygen atoms in total. The minimum Gasteiger partial charge on any atom is -0.354 e. The van der Waals surface area contributed by atoms with Gasteiger partial charge >= 0.3 is 18.2 Å². The molecule has 3 aromatic rings. The third kappa shape index (κ3) is 6.69. The lowest BCUT2D eigenvalue weighted by Crippen LogP contribution is -2.43. The highest BCUT2D eigenvalue weighted by Gasteiger charge is 2.43. The highest BCUT2D eigenvalue weighted by Crippen LogP contribution is 2.39. The second-order valence-corrected chi connectivity index (χ2v) is 9.64. The Morgan fingerprint density at radius 1 is 1.16 bits per heavy atom. The fourth-order valence-corrected chi connectivity index (χ4v) is 4.37. The first-order valence-corrected chi connectivity index (χ1v) is 13.5. The van der Waals surface area contributed by atoms with Crippen molar-refractivity contribution in [1.82, 2.24) is 20.3 Å². The molecular formula is C28H28F5N7O4. The van der Waals surface area contributed by atoms with Crippen molar-refractivity contribution in [1.29, 1.82) is 0 Å². The Kier molecular flexibility index (Phi) is 9.62. The molecule has 2 heterocycles. The number of hydrogen-bond donors (Lipinski definition) is 3. The molecule has 4 N–H and O–H groups in total. The normalized spacial score (nSPS) is 12.8. The monoisotopic (exact) mass is 621 g/mol. The molecule has 0 unspecified atom stereocenters. The molecule has 1 aromatic heterocycles. The number of rotatable bonds is 9. The van der Waals surface area contributed by atoms with Crippen LogP contribution in [0.5, 0.6) is 0 Å². The number of carbonyl (C=O) groups is 3. The van der Waals surface area contributed by atoms with Crippen LogP contribution in [0, 0.1) is 18.6 Å². The Morgan fingerprint density at radius 2 is 1.86 bits per heavy atom. The van der Waals surface area contributed by atoms with Gasteiger partial charge in [-0.25, -0.2) is 28.3 Å². The Labute approximate surface area is 248 Å². The molecule has 0 spiro atoms. The number of benzene rings is 2. The van der Waals surface area contributed by atoms with Crippen molar-refractivity contribution in [3.05, 3.63) is 64.7 Å². The van der Waals surface area contributed by atoms with Crippen LogP contribution in [0.2, 0.25) is 0 Å². The summed E-state index contributed by atoms with van der Waals surface area (Å²) in [4.78, 5) is 51.8. The molecule has 2 aromatic carbocycles. The number of nitrogens with two attached hydrogens (primary N) is 1. The van der Waals surface area contributed by atoms with E-state index in [0.717, 1.165) is 23.1 Å². The largest absolute Gasteiger partial charge is 0.493 e. The predicted molar refractivity (Wildman–Crippen MR) is 149 cm³/mol. The van der Waals surface area contributed by atoms with Crippen molar-refractivity contribution in [2.75, 3.05) is 29.9 Å². The van der Waals surface area contributed by atoms with E-state index in [1.807, 2.05) is 0 Å². The fourth-order valence-electron chi connectivity index (χ4n) is 4.37. The molecule has 4 rings (SSSR count).